The van der Waals surface area contributed by atoms with Crippen molar-refractivity contribution in [1.29, 1.82) is 0 Å². The average molecular weight is 571 g/mol. The topological polar surface area (TPSA) is 9.23 Å². The molecule has 5 heteroatoms. The monoisotopic (exact) mass is 570 g/mol. The first-order valence-electron chi connectivity index (χ1n) is 16.1. The zero-order chi connectivity index (χ0) is 28.3. The molecule has 0 bridgehead atoms. The summed E-state index contributed by atoms with van der Waals surface area (Å²) in [6.45, 7) is 4.72. The summed E-state index contributed by atoms with van der Waals surface area (Å²) in [6.07, 6.45) is 17.7. The summed E-state index contributed by atoms with van der Waals surface area (Å²) in [7, 11) is -0.659. The van der Waals surface area contributed by atoms with Gasteiger partial charge in [-0.05, 0) is 80.0 Å². The van der Waals surface area contributed by atoms with E-state index in [2.05, 4.69) is 25.6 Å². The first kappa shape index (κ1) is 30.9. The summed E-state index contributed by atoms with van der Waals surface area (Å²) in [4.78, 5) is 0. The molecule has 1 aliphatic heterocycles. The Balaban J connectivity index is 1.29. The fourth-order valence-corrected chi connectivity index (χ4v) is 9.87. The molecule has 220 valence electrons. The lowest BCUT2D eigenvalue weighted by molar-refractivity contribution is 0.216. The molecule has 40 heavy (non-hydrogen) atoms. The van der Waals surface area contributed by atoms with Crippen LogP contribution in [0.5, 0.6) is 5.75 Å². The van der Waals surface area contributed by atoms with Gasteiger partial charge in [-0.25, -0.2) is 8.78 Å². The van der Waals surface area contributed by atoms with Gasteiger partial charge in [-0.1, -0.05) is 89.1 Å². The highest BCUT2D eigenvalue weighted by Gasteiger charge is 2.31. The van der Waals surface area contributed by atoms with Crippen molar-refractivity contribution in [2.75, 3.05) is 6.61 Å². The van der Waals surface area contributed by atoms with Gasteiger partial charge in [0.1, 0.15) is 5.82 Å². The minimum atomic E-state index is -1.05. The first-order valence-corrected chi connectivity index (χ1v) is 18.4. The number of ether oxygens (including phenoxy) is 1. The van der Waals surface area contributed by atoms with Gasteiger partial charge < -0.3 is 4.74 Å². The van der Waals surface area contributed by atoms with Crippen LogP contribution in [-0.4, -0.2) is 15.4 Å². The average Bonchev–Trinajstić information content (AvgIpc) is 2.98. The lowest BCUT2D eigenvalue weighted by Crippen LogP contribution is -2.27. The van der Waals surface area contributed by atoms with Gasteiger partial charge in [-0.2, -0.15) is 4.39 Å². The molecule has 0 unspecified atom stereocenters. The van der Waals surface area contributed by atoms with E-state index in [1.54, 1.807) is 12.1 Å². The van der Waals surface area contributed by atoms with Crippen LogP contribution in [0, 0.1) is 29.3 Å². The summed E-state index contributed by atoms with van der Waals surface area (Å²) < 4.78 is 50.3. The number of rotatable bonds is 13. The predicted molar refractivity (Wildman–Crippen MR) is 164 cm³/mol. The molecule has 0 radical (unpaired) electrons. The molecular weight excluding hydrogens is 521 g/mol. The van der Waals surface area contributed by atoms with E-state index in [0.29, 0.717) is 12.5 Å². The lowest BCUT2D eigenvalue weighted by atomic mass is 9.72. The van der Waals surface area contributed by atoms with Crippen LogP contribution in [0.3, 0.4) is 0 Å². The second-order valence-corrected chi connectivity index (χ2v) is 15.3. The van der Waals surface area contributed by atoms with E-state index < -0.39 is 26.2 Å². The SMILES string of the molecule is CCCC/C=C/[SiH]1CCC(C2CCC(c3ccc(-c4ccc(OCCCCCC)c(F)c4F)c(F)c3)CC2)CC1. The highest BCUT2D eigenvalue weighted by atomic mass is 28.3. The molecule has 2 aromatic carbocycles. The molecule has 1 heterocycles. The van der Waals surface area contributed by atoms with Crippen LogP contribution in [0.1, 0.15) is 109 Å². The van der Waals surface area contributed by atoms with E-state index in [4.69, 9.17) is 4.74 Å². The smallest absolute Gasteiger partial charge is 0.201 e. The zero-order valence-corrected chi connectivity index (χ0v) is 25.9. The number of benzene rings is 2. The normalized spacial score (nSPS) is 23.5. The Labute approximate surface area is 242 Å². The quantitative estimate of drug-likeness (QED) is 0.172. The molecule has 0 atom stereocenters. The Bertz CT molecular complexity index is 1080. The minimum Gasteiger partial charge on any atom is -0.490 e. The first-order chi connectivity index (χ1) is 19.5. The maximum absolute atomic E-state index is 15.2. The van der Waals surface area contributed by atoms with Crippen LogP contribution in [0.2, 0.25) is 12.1 Å². The van der Waals surface area contributed by atoms with Crippen molar-refractivity contribution in [2.45, 2.75) is 115 Å². The van der Waals surface area contributed by atoms with Crippen molar-refractivity contribution < 1.29 is 17.9 Å². The van der Waals surface area contributed by atoms with Crippen molar-refractivity contribution in [2.24, 2.45) is 11.8 Å². The second kappa shape index (κ2) is 15.8. The van der Waals surface area contributed by atoms with Crippen molar-refractivity contribution in [3.63, 3.8) is 0 Å². The van der Waals surface area contributed by atoms with Gasteiger partial charge in [0.25, 0.3) is 0 Å². The van der Waals surface area contributed by atoms with Crippen molar-refractivity contribution >= 4 is 8.80 Å². The minimum absolute atomic E-state index is 0.0528. The maximum Gasteiger partial charge on any atom is 0.201 e. The van der Waals surface area contributed by atoms with E-state index in [0.717, 1.165) is 55.9 Å². The molecule has 1 saturated heterocycles. The highest BCUT2D eigenvalue weighted by Crippen LogP contribution is 2.44. The third-order valence-corrected chi connectivity index (χ3v) is 12.4. The molecule has 0 aromatic heterocycles. The Morgan fingerprint density at radius 3 is 2.17 bits per heavy atom. The van der Waals surface area contributed by atoms with Crippen LogP contribution in [0.4, 0.5) is 13.2 Å². The molecule has 1 saturated carbocycles. The Morgan fingerprint density at radius 2 is 1.48 bits per heavy atom. The molecule has 0 spiro atoms. The van der Waals surface area contributed by atoms with Gasteiger partial charge in [0.2, 0.25) is 5.82 Å². The second-order valence-electron chi connectivity index (χ2n) is 12.2. The summed E-state index contributed by atoms with van der Waals surface area (Å²) in [5.41, 5.74) is 3.65. The van der Waals surface area contributed by atoms with Crippen molar-refractivity contribution in [1.82, 2.24) is 0 Å². The number of unbranched alkanes of at least 4 members (excludes halogenated alkanes) is 5. The van der Waals surface area contributed by atoms with Crippen LogP contribution in [0.15, 0.2) is 42.1 Å². The summed E-state index contributed by atoms with van der Waals surface area (Å²) in [5, 5.41) is 0. The summed E-state index contributed by atoms with van der Waals surface area (Å²) in [5.74, 6) is -0.659. The Kier molecular flexibility index (Phi) is 12.3. The van der Waals surface area contributed by atoms with E-state index in [1.807, 2.05) is 6.07 Å². The Hall–Kier alpha value is -2.01. The van der Waals surface area contributed by atoms with E-state index in [-0.39, 0.29) is 16.9 Å². The molecular formula is C35H49F3OSi. The summed E-state index contributed by atoms with van der Waals surface area (Å²) >= 11 is 0. The molecule has 2 fully saturated rings. The van der Waals surface area contributed by atoms with Crippen LogP contribution in [0.25, 0.3) is 11.1 Å². The zero-order valence-electron chi connectivity index (χ0n) is 24.7. The van der Waals surface area contributed by atoms with Gasteiger partial charge in [-0.15, -0.1) is 5.70 Å². The van der Waals surface area contributed by atoms with Gasteiger partial charge in [0.15, 0.2) is 11.6 Å². The molecule has 4 rings (SSSR count). The van der Waals surface area contributed by atoms with Gasteiger partial charge in [0.05, 0.1) is 15.4 Å². The van der Waals surface area contributed by atoms with E-state index in [1.165, 1.54) is 69.2 Å². The van der Waals surface area contributed by atoms with Gasteiger partial charge in [-0.3, -0.25) is 0 Å². The van der Waals surface area contributed by atoms with Crippen LogP contribution < -0.4 is 4.74 Å². The maximum atomic E-state index is 15.2. The van der Waals surface area contributed by atoms with Crippen molar-refractivity contribution in [3.8, 4) is 16.9 Å². The number of allylic oxidation sites excluding steroid dienone is 1. The number of halogens is 3. The fraction of sp³-hybridized carbons (Fsp3) is 0.600. The Morgan fingerprint density at radius 1 is 0.775 bits per heavy atom. The van der Waals surface area contributed by atoms with Crippen LogP contribution in [-0.2, 0) is 0 Å². The van der Waals surface area contributed by atoms with E-state index >= 15 is 4.39 Å². The molecule has 0 N–H and O–H groups in total. The molecule has 0 amide bonds. The highest BCUT2D eigenvalue weighted by molar-refractivity contribution is 6.64. The van der Waals surface area contributed by atoms with E-state index in [9.17, 15) is 8.78 Å². The molecule has 1 aliphatic carbocycles. The van der Waals surface area contributed by atoms with Crippen molar-refractivity contribution in [3.05, 3.63) is 65.1 Å². The third-order valence-electron chi connectivity index (χ3n) is 9.44. The lowest BCUT2D eigenvalue weighted by Gasteiger charge is -2.37. The number of hydrogen-bond acceptors (Lipinski definition) is 1. The predicted octanol–water partition coefficient (Wildman–Crippen LogP) is 10.9. The molecule has 2 aromatic rings. The standard InChI is InChI=1S/C35H49F3OSi/c1-3-5-7-9-21-39-33-18-17-31(34(37)35(33)38)30-16-15-29(25-32(30)36)27-13-11-26(12-14-27)28-19-23-40(24-20-28)22-10-8-6-4-2/h10,15-18,22,25-28,40H,3-9,11-14,19-21,23-24H2,1-2H3/b22-10+. The van der Waals surface area contributed by atoms with Crippen LogP contribution >= 0.6 is 0 Å². The largest absolute Gasteiger partial charge is 0.490 e. The fourth-order valence-electron chi connectivity index (χ4n) is 6.91. The molecule has 1 nitrogen and oxygen atoms in total. The third kappa shape index (κ3) is 8.27. The van der Waals surface area contributed by atoms with Gasteiger partial charge in [0, 0.05) is 11.1 Å². The van der Waals surface area contributed by atoms with Gasteiger partial charge >= 0.3 is 0 Å². The number of hydrogen-bond donors (Lipinski definition) is 0. The summed E-state index contributed by atoms with van der Waals surface area (Å²) in [6, 6.07) is 10.9. The molecule has 2 aliphatic rings.